The molecule has 1 fully saturated rings. The van der Waals surface area contributed by atoms with Crippen molar-refractivity contribution in [2.75, 3.05) is 0 Å². The molecule has 0 saturated heterocycles. The summed E-state index contributed by atoms with van der Waals surface area (Å²) < 4.78 is 4.58. The van der Waals surface area contributed by atoms with Crippen LogP contribution in [0.4, 0.5) is 0 Å². The molecule has 0 spiro atoms. The minimum Gasteiger partial charge on any atom is -0.344 e. The van der Waals surface area contributed by atoms with Gasteiger partial charge in [0, 0.05) is 53.6 Å². The average Bonchev–Trinajstić information content (AvgIpc) is 3.15. The van der Waals surface area contributed by atoms with E-state index >= 15 is 0 Å². The Bertz CT molecular complexity index is 977. The molecule has 2 aromatic heterocycles. The van der Waals surface area contributed by atoms with Crippen LogP contribution in [0.15, 0.2) is 36.7 Å². The summed E-state index contributed by atoms with van der Waals surface area (Å²) in [4.78, 5) is 17.7. The van der Waals surface area contributed by atoms with Gasteiger partial charge in [0.15, 0.2) is 5.78 Å². The summed E-state index contributed by atoms with van der Waals surface area (Å²) in [5, 5.41) is 1.15. The fraction of sp³-hybridized carbons (Fsp3) is 0.455. The van der Waals surface area contributed by atoms with Crippen molar-refractivity contribution in [1.82, 2.24) is 14.1 Å². The lowest BCUT2D eigenvalue weighted by Gasteiger charge is -2.29. The van der Waals surface area contributed by atoms with Crippen LogP contribution in [0, 0.1) is 18.8 Å². The van der Waals surface area contributed by atoms with E-state index < -0.39 is 0 Å². The summed E-state index contributed by atoms with van der Waals surface area (Å²) in [7, 11) is 0. The Morgan fingerprint density at radius 3 is 2.73 bits per heavy atom. The molecule has 1 unspecified atom stereocenters. The van der Waals surface area contributed by atoms with Crippen molar-refractivity contribution in [3.05, 3.63) is 53.7 Å². The first-order valence-corrected chi connectivity index (χ1v) is 9.84. The molecule has 4 nitrogen and oxygen atoms in total. The highest BCUT2D eigenvalue weighted by atomic mass is 16.1. The molecule has 0 radical (unpaired) electrons. The summed E-state index contributed by atoms with van der Waals surface area (Å²) in [6, 6.07) is 8.48. The summed E-state index contributed by atoms with van der Waals surface area (Å²) in [5.74, 6) is 2.15. The summed E-state index contributed by atoms with van der Waals surface area (Å²) in [5.41, 5.74) is 3.52. The minimum absolute atomic E-state index is 0.0540. The van der Waals surface area contributed by atoms with Gasteiger partial charge in [-0.15, -0.1) is 0 Å². The number of aromatic nitrogens is 3. The van der Waals surface area contributed by atoms with Gasteiger partial charge in [-0.2, -0.15) is 0 Å². The van der Waals surface area contributed by atoms with Crippen molar-refractivity contribution in [2.45, 2.75) is 52.1 Å². The van der Waals surface area contributed by atoms with Crippen LogP contribution in [0.3, 0.4) is 0 Å². The third kappa shape index (κ3) is 2.43. The van der Waals surface area contributed by atoms with Crippen LogP contribution in [0.1, 0.15) is 47.6 Å². The van der Waals surface area contributed by atoms with Gasteiger partial charge in [-0.1, -0.05) is 24.6 Å². The molecule has 0 aliphatic heterocycles. The largest absolute Gasteiger partial charge is 0.344 e. The summed E-state index contributed by atoms with van der Waals surface area (Å²) in [6.07, 6.45) is 9.76. The van der Waals surface area contributed by atoms with Gasteiger partial charge >= 0.3 is 0 Å². The standard InChI is InChI=1S/C22H25N3O/c1-15-23-11-12-24(15)14-17-9-10-20-21(22(17)26)18-7-2-3-8-19(18)25(20)13-16-5-4-6-16/h2-3,7-8,11-12,16-17H,4-6,9-10,13-14H2,1H3. The number of carbonyl (C=O) groups excluding carboxylic acids is 1. The molecule has 2 aliphatic rings. The molecule has 0 amide bonds. The lowest BCUT2D eigenvalue weighted by atomic mass is 9.84. The van der Waals surface area contributed by atoms with Crippen LogP contribution in [0.25, 0.3) is 10.9 Å². The van der Waals surface area contributed by atoms with E-state index in [9.17, 15) is 4.79 Å². The molecule has 2 aliphatic carbocycles. The average molecular weight is 347 g/mol. The predicted molar refractivity (Wildman–Crippen MR) is 102 cm³/mol. The van der Waals surface area contributed by atoms with Crippen molar-refractivity contribution in [3.63, 3.8) is 0 Å². The van der Waals surface area contributed by atoms with Gasteiger partial charge in [0.1, 0.15) is 5.82 Å². The van der Waals surface area contributed by atoms with Crippen molar-refractivity contribution in [1.29, 1.82) is 0 Å². The number of carbonyl (C=O) groups is 1. The topological polar surface area (TPSA) is 39.8 Å². The summed E-state index contributed by atoms with van der Waals surface area (Å²) >= 11 is 0. The Kier molecular flexibility index (Phi) is 3.73. The first-order valence-electron chi connectivity index (χ1n) is 9.84. The number of para-hydroxylation sites is 1. The van der Waals surface area contributed by atoms with E-state index in [0.29, 0.717) is 5.78 Å². The minimum atomic E-state index is 0.0540. The van der Waals surface area contributed by atoms with Crippen molar-refractivity contribution < 1.29 is 4.79 Å². The molecule has 26 heavy (non-hydrogen) atoms. The third-order valence-electron chi connectivity index (χ3n) is 6.43. The van der Waals surface area contributed by atoms with Crippen molar-refractivity contribution in [2.24, 2.45) is 11.8 Å². The number of aryl methyl sites for hydroxylation is 1. The number of hydrogen-bond acceptors (Lipinski definition) is 2. The van der Waals surface area contributed by atoms with Gasteiger partial charge in [-0.3, -0.25) is 4.79 Å². The lowest BCUT2D eigenvalue weighted by Crippen LogP contribution is -2.28. The highest BCUT2D eigenvalue weighted by Crippen LogP contribution is 2.37. The number of Topliss-reactive ketones (excluding diaryl/α,β-unsaturated/α-hetero) is 1. The zero-order valence-electron chi connectivity index (χ0n) is 15.3. The monoisotopic (exact) mass is 347 g/mol. The number of rotatable bonds is 4. The Balaban J connectivity index is 1.54. The van der Waals surface area contributed by atoms with E-state index in [-0.39, 0.29) is 5.92 Å². The van der Waals surface area contributed by atoms with E-state index in [1.807, 2.05) is 19.3 Å². The lowest BCUT2D eigenvalue weighted by molar-refractivity contribution is 0.0887. The molecule has 1 aromatic carbocycles. The Hall–Kier alpha value is -2.36. The normalized spacial score (nSPS) is 20.3. The molecular weight excluding hydrogens is 322 g/mol. The molecule has 2 heterocycles. The Morgan fingerprint density at radius 2 is 2.00 bits per heavy atom. The molecular formula is C22H25N3O. The van der Waals surface area contributed by atoms with Crippen LogP contribution in [0.5, 0.6) is 0 Å². The van der Waals surface area contributed by atoms with E-state index in [0.717, 1.165) is 48.6 Å². The van der Waals surface area contributed by atoms with Crippen LogP contribution >= 0.6 is 0 Å². The number of imidazole rings is 1. The summed E-state index contributed by atoms with van der Waals surface area (Å²) in [6.45, 7) is 3.82. The second kappa shape index (κ2) is 6.11. The maximum absolute atomic E-state index is 13.4. The smallest absolute Gasteiger partial charge is 0.170 e. The maximum Gasteiger partial charge on any atom is 0.170 e. The van der Waals surface area contributed by atoms with Crippen molar-refractivity contribution in [3.8, 4) is 0 Å². The molecule has 134 valence electrons. The van der Waals surface area contributed by atoms with Crippen LogP contribution < -0.4 is 0 Å². The Labute approximate surface area is 153 Å². The van der Waals surface area contributed by atoms with E-state index in [1.165, 1.54) is 30.5 Å². The van der Waals surface area contributed by atoms with Crippen LogP contribution in [-0.2, 0) is 19.5 Å². The first-order chi connectivity index (χ1) is 12.7. The van der Waals surface area contributed by atoms with E-state index in [2.05, 4.69) is 38.4 Å². The van der Waals surface area contributed by atoms with Crippen LogP contribution in [0.2, 0.25) is 0 Å². The second-order valence-electron chi connectivity index (χ2n) is 7.97. The number of nitrogens with zero attached hydrogens (tertiary/aromatic N) is 3. The number of hydrogen-bond donors (Lipinski definition) is 0. The number of ketones is 1. The molecule has 4 heteroatoms. The van der Waals surface area contributed by atoms with Gasteiger partial charge in [-0.25, -0.2) is 4.98 Å². The SMILES string of the molecule is Cc1nccn1CC1CCc2c(c3ccccc3n2CC2CCC2)C1=O. The molecule has 1 saturated carbocycles. The Morgan fingerprint density at radius 1 is 1.15 bits per heavy atom. The van der Waals surface area contributed by atoms with E-state index in [4.69, 9.17) is 0 Å². The van der Waals surface area contributed by atoms with Crippen molar-refractivity contribution >= 4 is 16.7 Å². The van der Waals surface area contributed by atoms with Gasteiger partial charge in [0.2, 0.25) is 0 Å². The zero-order valence-corrected chi connectivity index (χ0v) is 15.3. The maximum atomic E-state index is 13.4. The van der Waals surface area contributed by atoms with Gasteiger partial charge in [-0.05, 0) is 44.6 Å². The predicted octanol–water partition coefficient (Wildman–Crippen LogP) is 4.39. The fourth-order valence-electron chi connectivity index (χ4n) is 4.69. The van der Waals surface area contributed by atoms with Crippen LogP contribution in [-0.4, -0.2) is 19.9 Å². The van der Waals surface area contributed by atoms with Gasteiger partial charge in [0.25, 0.3) is 0 Å². The van der Waals surface area contributed by atoms with Gasteiger partial charge < -0.3 is 9.13 Å². The highest BCUT2D eigenvalue weighted by molar-refractivity contribution is 6.11. The fourth-order valence-corrected chi connectivity index (χ4v) is 4.69. The molecule has 0 N–H and O–H groups in total. The number of benzene rings is 1. The van der Waals surface area contributed by atoms with E-state index in [1.54, 1.807) is 0 Å². The molecule has 0 bridgehead atoms. The molecule has 1 atom stereocenters. The van der Waals surface area contributed by atoms with Gasteiger partial charge in [0.05, 0.1) is 0 Å². The first kappa shape index (κ1) is 15.9. The quantitative estimate of drug-likeness (QED) is 0.702. The highest BCUT2D eigenvalue weighted by Gasteiger charge is 2.33. The third-order valence-corrected chi connectivity index (χ3v) is 6.43. The second-order valence-corrected chi connectivity index (χ2v) is 7.97. The zero-order chi connectivity index (χ0) is 17.7. The molecule has 5 rings (SSSR count). The number of fused-ring (bicyclic) bond motifs is 3. The molecule has 3 aromatic rings.